The zero-order valence-corrected chi connectivity index (χ0v) is 13.4. The van der Waals surface area contributed by atoms with Crippen molar-refractivity contribution in [3.63, 3.8) is 0 Å². The van der Waals surface area contributed by atoms with E-state index in [9.17, 15) is 0 Å². The quantitative estimate of drug-likeness (QED) is 0.580. The Morgan fingerprint density at radius 2 is 1.94 bits per heavy atom. The molecule has 102 valence electrons. The van der Waals surface area contributed by atoms with Crippen LogP contribution in [-0.4, -0.2) is 18.1 Å². The molecular weight excluding hydrogens is 262 g/mol. The van der Waals surface area contributed by atoms with Gasteiger partial charge in [0.1, 0.15) is 7.00 Å². The van der Waals surface area contributed by atoms with Crippen LogP contribution in [0.2, 0.25) is 0 Å². The van der Waals surface area contributed by atoms with Crippen molar-refractivity contribution in [2.45, 2.75) is 45.6 Å². The summed E-state index contributed by atoms with van der Waals surface area (Å²) < 4.78 is 13.1. The molecular formula is C14H24O2P2. The summed E-state index contributed by atoms with van der Waals surface area (Å²) in [6.07, 6.45) is 3.88. The first kappa shape index (κ1) is 14.3. The van der Waals surface area contributed by atoms with Crippen LogP contribution in [0.25, 0.3) is 0 Å². The topological polar surface area (TPSA) is 29.5 Å². The van der Waals surface area contributed by atoms with Crippen LogP contribution in [0, 0.1) is 0 Å². The Kier molecular flexibility index (Phi) is 5.45. The molecule has 0 radical (unpaired) electrons. The van der Waals surface area contributed by atoms with Crippen molar-refractivity contribution in [2.75, 3.05) is 6.16 Å². The van der Waals surface area contributed by atoms with E-state index < -0.39 is 7.00 Å². The second kappa shape index (κ2) is 6.87. The van der Waals surface area contributed by atoms with E-state index in [4.69, 9.17) is 10.9 Å². The number of hydrogen-bond acceptors (Lipinski definition) is 2. The van der Waals surface area contributed by atoms with Crippen LogP contribution in [-0.2, 0) is 10.9 Å². The first-order valence-electron chi connectivity index (χ1n) is 6.78. The molecule has 1 aromatic rings. The fraction of sp³-hybridized carbons (Fsp3) is 0.571. The summed E-state index contributed by atoms with van der Waals surface area (Å²) in [5.41, 5.74) is 1.06. The summed E-state index contributed by atoms with van der Waals surface area (Å²) in [5.74, 6) is 0. The van der Waals surface area contributed by atoms with Crippen molar-refractivity contribution in [3.05, 3.63) is 35.9 Å². The smallest absolute Gasteiger partial charge is 0.218 e. The van der Waals surface area contributed by atoms with Gasteiger partial charge in [0.15, 0.2) is 0 Å². The molecule has 2 nitrogen and oxygen atoms in total. The van der Waals surface area contributed by atoms with Crippen molar-refractivity contribution in [3.8, 4) is 0 Å². The number of aryl methyl sites for hydroxylation is 1. The van der Waals surface area contributed by atoms with Crippen LogP contribution in [0.3, 0.4) is 0 Å². The van der Waals surface area contributed by atoms with Crippen LogP contribution in [0.15, 0.2) is 30.3 Å². The Balaban J connectivity index is 2.36. The lowest BCUT2D eigenvalue weighted by Crippen LogP contribution is -2.17. The summed E-state index contributed by atoms with van der Waals surface area (Å²) >= 11 is 0. The fourth-order valence-electron chi connectivity index (χ4n) is 1.78. The predicted molar refractivity (Wildman–Crippen MR) is 82.5 cm³/mol. The SMILES string of the molecule is [2H]OP(=P)(CCCCc1ccccc1)OC(C)(C)C. The van der Waals surface area contributed by atoms with Crippen molar-refractivity contribution < 1.29 is 9.42 Å². The maximum absolute atomic E-state index is 7.21. The lowest BCUT2D eigenvalue weighted by Gasteiger charge is -2.27. The zero-order chi connectivity index (χ0) is 14.4. The van der Waals surface area contributed by atoms with Crippen LogP contribution in [0.1, 0.15) is 39.2 Å². The summed E-state index contributed by atoms with van der Waals surface area (Å²) in [7, 11) is 1.32. The molecule has 4 heteroatoms. The average molecular weight is 287 g/mol. The van der Waals surface area contributed by atoms with E-state index in [0.717, 1.165) is 25.4 Å². The summed E-state index contributed by atoms with van der Waals surface area (Å²) in [6.45, 7) is 5.93. The van der Waals surface area contributed by atoms with Gasteiger partial charge in [-0.2, -0.15) is 0 Å². The van der Waals surface area contributed by atoms with Crippen LogP contribution in [0.5, 0.6) is 0 Å². The van der Waals surface area contributed by atoms with E-state index in [0.29, 0.717) is 0 Å². The van der Waals surface area contributed by atoms with Crippen molar-refractivity contribution >= 4 is 15.5 Å². The van der Waals surface area contributed by atoms with Gasteiger partial charge in [-0.05, 0) is 45.6 Å². The van der Waals surface area contributed by atoms with E-state index in [1.807, 2.05) is 26.8 Å². The Labute approximate surface area is 114 Å². The number of rotatable bonds is 7. The highest BCUT2D eigenvalue weighted by molar-refractivity contribution is 7.92. The molecule has 0 aliphatic rings. The van der Waals surface area contributed by atoms with E-state index >= 15 is 0 Å². The maximum atomic E-state index is 7.21. The molecule has 0 saturated heterocycles. The van der Waals surface area contributed by atoms with Gasteiger partial charge >= 0.3 is 0 Å². The third kappa shape index (κ3) is 7.34. The molecule has 18 heavy (non-hydrogen) atoms. The molecule has 1 aromatic carbocycles. The zero-order valence-electron chi connectivity index (χ0n) is 12.5. The molecule has 0 bridgehead atoms. The van der Waals surface area contributed by atoms with Gasteiger partial charge in [0.25, 0.3) is 0 Å². The molecule has 0 fully saturated rings. The molecule has 0 aromatic heterocycles. The van der Waals surface area contributed by atoms with E-state index in [1.165, 1.54) is 5.56 Å². The first-order valence-corrected chi connectivity index (χ1v) is 9.52. The van der Waals surface area contributed by atoms with Crippen LogP contribution >= 0.6 is 15.5 Å². The Bertz CT molecular complexity index is 415. The summed E-state index contributed by atoms with van der Waals surface area (Å²) in [5, 5.41) is 0. The van der Waals surface area contributed by atoms with Gasteiger partial charge in [-0.25, -0.2) is 0 Å². The van der Waals surface area contributed by atoms with Crippen molar-refractivity contribution in [1.29, 1.82) is 1.43 Å². The van der Waals surface area contributed by atoms with Gasteiger partial charge in [-0.1, -0.05) is 38.9 Å². The molecule has 0 saturated carbocycles. The minimum absolute atomic E-state index is 0.296. The minimum atomic E-state index is -2.22. The monoisotopic (exact) mass is 287 g/mol. The lowest BCUT2D eigenvalue weighted by molar-refractivity contribution is 0.131. The predicted octanol–water partition coefficient (Wildman–Crippen LogP) is 4.72. The minimum Gasteiger partial charge on any atom is -0.350 e. The van der Waals surface area contributed by atoms with E-state index in [-0.39, 0.29) is 5.60 Å². The molecule has 1 atom stereocenters. The highest BCUT2D eigenvalue weighted by Crippen LogP contribution is 2.52. The van der Waals surface area contributed by atoms with Crippen LogP contribution < -0.4 is 0 Å². The van der Waals surface area contributed by atoms with E-state index in [1.54, 1.807) is 0 Å². The molecule has 0 amide bonds. The average Bonchev–Trinajstić information content (AvgIpc) is 2.34. The standard InChI is InChI=1S/C14H24O2P2/c1-14(2,3)16-18(15,17)12-8-7-11-13-9-5-4-6-10-13/h4-6,9-10,15,17H,7-8,11-12H2,1-3H3/i/hD. The van der Waals surface area contributed by atoms with Crippen LogP contribution in [0.4, 0.5) is 0 Å². The fourth-order valence-corrected chi connectivity index (χ4v) is 4.69. The largest absolute Gasteiger partial charge is 0.350 e. The molecule has 0 aliphatic heterocycles. The number of benzene rings is 1. The highest BCUT2D eigenvalue weighted by Gasteiger charge is 2.20. The van der Waals surface area contributed by atoms with Gasteiger partial charge in [-0.15, -0.1) is 0 Å². The molecule has 1 N–H and O–H groups in total. The summed E-state index contributed by atoms with van der Waals surface area (Å²) in [6, 6.07) is 10.4. The molecule has 0 aliphatic carbocycles. The highest BCUT2D eigenvalue weighted by atomic mass is 31.8. The maximum Gasteiger partial charge on any atom is 0.218 e. The van der Waals surface area contributed by atoms with E-state index in [2.05, 4.69) is 32.8 Å². The van der Waals surface area contributed by atoms with Crippen molar-refractivity contribution in [2.24, 2.45) is 0 Å². The van der Waals surface area contributed by atoms with Crippen molar-refractivity contribution in [1.82, 2.24) is 0 Å². The number of hydrogen-bond donors (Lipinski definition) is 1. The third-order valence-corrected chi connectivity index (χ3v) is 5.12. The van der Waals surface area contributed by atoms with Gasteiger partial charge in [0.2, 0.25) is 1.43 Å². The van der Waals surface area contributed by atoms with Gasteiger partial charge in [-0.3, -0.25) is 0 Å². The Morgan fingerprint density at radius 3 is 2.50 bits per heavy atom. The number of unbranched alkanes of at least 4 members (excludes halogenated alkanes) is 1. The van der Waals surface area contributed by atoms with Gasteiger partial charge < -0.3 is 9.42 Å². The molecule has 1 rings (SSSR count). The Hall–Kier alpha value is -0.130. The first-order chi connectivity index (χ1) is 8.85. The molecule has 1 unspecified atom stereocenters. The summed E-state index contributed by atoms with van der Waals surface area (Å²) in [4.78, 5) is 4.82. The van der Waals surface area contributed by atoms with Gasteiger partial charge in [0.05, 0.1) is 5.60 Å². The third-order valence-electron chi connectivity index (χ3n) is 2.43. The lowest BCUT2D eigenvalue weighted by atomic mass is 10.1. The molecule has 0 spiro atoms. The normalized spacial score (nSPS) is 16.1. The second-order valence-corrected chi connectivity index (χ2v) is 9.56. The Morgan fingerprint density at radius 1 is 1.28 bits per heavy atom. The van der Waals surface area contributed by atoms with Gasteiger partial charge in [0, 0.05) is 6.16 Å². The molecule has 0 heterocycles. The second-order valence-electron chi connectivity index (χ2n) is 5.54.